The van der Waals surface area contributed by atoms with E-state index >= 15 is 0 Å². The lowest BCUT2D eigenvalue weighted by atomic mass is 9.77. The SMILES string of the molecule is CC(C)(c1ccccc1)c1cc(-c2ccccc2)ccc1OP(O)OCc1ccccc1. The van der Waals surface area contributed by atoms with E-state index in [0.29, 0.717) is 12.4 Å². The van der Waals surface area contributed by atoms with E-state index in [1.54, 1.807) is 0 Å². The summed E-state index contributed by atoms with van der Waals surface area (Å²) in [4.78, 5) is 10.5. The maximum Gasteiger partial charge on any atom is 0.394 e. The molecule has 1 N–H and O–H groups in total. The third-order valence-corrected chi connectivity index (χ3v) is 6.32. The molecule has 4 heteroatoms. The first kappa shape index (κ1) is 22.2. The van der Waals surface area contributed by atoms with Gasteiger partial charge in [-0.1, -0.05) is 111 Å². The van der Waals surface area contributed by atoms with Crippen LogP contribution in [0.3, 0.4) is 0 Å². The second-order valence-corrected chi connectivity index (χ2v) is 9.07. The lowest BCUT2D eigenvalue weighted by Gasteiger charge is -2.29. The van der Waals surface area contributed by atoms with Crippen LogP contribution in [0.4, 0.5) is 0 Å². The molecule has 4 aromatic rings. The fourth-order valence-electron chi connectivity index (χ4n) is 3.73. The van der Waals surface area contributed by atoms with Crippen molar-refractivity contribution < 1.29 is 13.9 Å². The number of benzene rings is 4. The van der Waals surface area contributed by atoms with E-state index in [4.69, 9.17) is 9.05 Å². The van der Waals surface area contributed by atoms with E-state index in [-0.39, 0.29) is 5.41 Å². The van der Waals surface area contributed by atoms with Crippen LogP contribution in [0.25, 0.3) is 11.1 Å². The van der Waals surface area contributed by atoms with Gasteiger partial charge in [0.25, 0.3) is 0 Å². The van der Waals surface area contributed by atoms with E-state index in [0.717, 1.165) is 22.3 Å². The molecule has 0 aromatic heterocycles. The van der Waals surface area contributed by atoms with Crippen LogP contribution in [0.5, 0.6) is 5.75 Å². The van der Waals surface area contributed by atoms with E-state index in [9.17, 15) is 4.89 Å². The van der Waals surface area contributed by atoms with Gasteiger partial charge < -0.3 is 9.42 Å². The minimum atomic E-state index is -2.08. The Bertz CT molecular complexity index is 1130. The summed E-state index contributed by atoms with van der Waals surface area (Å²) in [6.45, 7) is 4.64. The van der Waals surface area contributed by atoms with Gasteiger partial charge in [-0.05, 0) is 34.4 Å². The third-order valence-electron chi connectivity index (χ3n) is 5.62. The molecule has 162 valence electrons. The van der Waals surface area contributed by atoms with Crippen molar-refractivity contribution >= 4 is 8.60 Å². The fraction of sp³-hybridized carbons (Fsp3) is 0.143. The largest absolute Gasteiger partial charge is 0.427 e. The molecule has 0 bridgehead atoms. The van der Waals surface area contributed by atoms with Gasteiger partial charge in [0.1, 0.15) is 5.75 Å². The zero-order chi connectivity index (χ0) is 22.4. The molecular weight excluding hydrogens is 415 g/mol. The quantitative estimate of drug-likeness (QED) is 0.287. The van der Waals surface area contributed by atoms with Crippen molar-refractivity contribution in [2.75, 3.05) is 0 Å². The maximum absolute atomic E-state index is 10.5. The molecule has 4 rings (SSSR count). The van der Waals surface area contributed by atoms with Gasteiger partial charge in [-0.25, -0.2) is 0 Å². The first-order valence-corrected chi connectivity index (χ1v) is 11.8. The lowest BCUT2D eigenvalue weighted by molar-refractivity contribution is 0.250. The van der Waals surface area contributed by atoms with E-state index in [2.05, 4.69) is 44.2 Å². The van der Waals surface area contributed by atoms with E-state index < -0.39 is 8.60 Å². The molecule has 0 fully saturated rings. The predicted molar refractivity (Wildman–Crippen MR) is 131 cm³/mol. The van der Waals surface area contributed by atoms with Crippen molar-refractivity contribution in [3.63, 3.8) is 0 Å². The number of hydrogen-bond acceptors (Lipinski definition) is 3. The predicted octanol–water partition coefficient (Wildman–Crippen LogP) is 7.49. The molecule has 0 amide bonds. The van der Waals surface area contributed by atoms with Crippen molar-refractivity contribution in [1.29, 1.82) is 0 Å². The summed E-state index contributed by atoms with van der Waals surface area (Å²) in [5, 5.41) is 0. The van der Waals surface area contributed by atoms with E-state index in [1.165, 1.54) is 5.56 Å². The molecule has 0 aliphatic carbocycles. The van der Waals surface area contributed by atoms with Crippen molar-refractivity contribution in [1.82, 2.24) is 0 Å². The van der Waals surface area contributed by atoms with Gasteiger partial charge in [0.05, 0.1) is 6.61 Å². The normalized spacial score (nSPS) is 12.3. The molecule has 0 radical (unpaired) electrons. The molecule has 0 saturated carbocycles. The van der Waals surface area contributed by atoms with Gasteiger partial charge in [0.15, 0.2) is 0 Å². The molecule has 0 heterocycles. The molecule has 4 aromatic carbocycles. The highest BCUT2D eigenvalue weighted by Crippen LogP contribution is 2.44. The van der Waals surface area contributed by atoms with Crippen LogP contribution in [-0.4, -0.2) is 4.89 Å². The molecular formula is C28H27O3P. The van der Waals surface area contributed by atoms with Crippen molar-refractivity contribution in [3.8, 4) is 16.9 Å². The van der Waals surface area contributed by atoms with Crippen LogP contribution in [0.1, 0.15) is 30.5 Å². The second-order valence-electron chi connectivity index (χ2n) is 8.16. The molecule has 1 atom stereocenters. The Morgan fingerprint density at radius 3 is 1.97 bits per heavy atom. The first-order valence-electron chi connectivity index (χ1n) is 10.6. The Morgan fingerprint density at radius 1 is 0.719 bits per heavy atom. The summed E-state index contributed by atoms with van der Waals surface area (Å²) in [6, 6.07) is 36.5. The average molecular weight is 442 g/mol. The van der Waals surface area contributed by atoms with Crippen LogP contribution < -0.4 is 4.52 Å². The molecule has 0 aliphatic rings. The summed E-state index contributed by atoms with van der Waals surface area (Å²) in [5.74, 6) is 0.625. The summed E-state index contributed by atoms with van der Waals surface area (Å²) < 4.78 is 11.6. The smallest absolute Gasteiger partial charge is 0.394 e. The highest BCUT2D eigenvalue weighted by atomic mass is 31.2. The highest BCUT2D eigenvalue weighted by molar-refractivity contribution is 7.41. The molecule has 0 spiro atoms. The summed E-state index contributed by atoms with van der Waals surface area (Å²) >= 11 is 0. The molecule has 3 nitrogen and oxygen atoms in total. The molecule has 0 saturated heterocycles. The first-order chi connectivity index (χ1) is 15.5. The molecule has 1 unspecified atom stereocenters. The van der Waals surface area contributed by atoms with Gasteiger partial charge in [0, 0.05) is 11.0 Å². The lowest BCUT2D eigenvalue weighted by Crippen LogP contribution is -2.20. The standard InChI is InChI=1S/C28H27O3P/c1-28(2,25-16-10-5-11-17-25)26-20-24(23-14-8-4-9-15-23)18-19-27(26)31-32(29)30-21-22-12-6-3-7-13-22/h3-20,29H,21H2,1-2H3. The zero-order valence-corrected chi connectivity index (χ0v) is 19.2. The Kier molecular flexibility index (Phi) is 7.02. The van der Waals surface area contributed by atoms with Crippen LogP contribution in [0.15, 0.2) is 109 Å². The monoisotopic (exact) mass is 442 g/mol. The minimum Gasteiger partial charge on any atom is -0.427 e. The van der Waals surface area contributed by atoms with Gasteiger partial charge in [-0.2, -0.15) is 0 Å². The van der Waals surface area contributed by atoms with Crippen molar-refractivity contribution in [2.24, 2.45) is 0 Å². The average Bonchev–Trinajstić information content (AvgIpc) is 2.84. The van der Waals surface area contributed by atoms with Crippen molar-refractivity contribution in [3.05, 3.63) is 126 Å². The zero-order valence-electron chi connectivity index (χ0n) is 18.3. The van der Waals surface area contributed by atoms with Gasteiger partial charge >= 0.3 is 8.60 Å². The molecule has 0 aliphatic heterocycles. The Balaban J connectivity index is 1.65. The van der Waals surface area contributed by atoms with Crippen molar-refractivity contribution in [2.45, 2.75) is 25.9 Å². The maximum atomic E-state index is 10.5. The van der Waals surface area contributed by atoms with Crippen LogP contribution >= 0.6 is 8.60 Å². The summed E-state index contributed by atoms with van der Waals surface area (Å²) in [5.41, 5.74) is 5.05. The second kappa shape index (κ2) is 10.1. The fourth-order valence-corrected chi connectivity index (χ4v) is 4.37. The third kappa shape index (κ3) is 5.26. The Hall–Kier alpha value is -2.97. The van der Waals surface area contributed by atoms with Crippen LogP contribution in [0.2, 0.25) is 0 Å². The van der Waals surface area contributed by atoms with Gasteiger partial charge in [-0.3, -0.25) is 4.52 Å². The minimum absolute atomic E-state index is 0.294. The number of rotatable bonds is 8. The van der Waals surface area contributed by atoms with Gasteiger partial charge in [-0.15, -0.1) is 0 Å². The summed E-state index contributed by atoms with van der Waals surface area (Å²) in [7, 11) is -2.08. The summed E-state index contributed by atoms with van der Waals surface area (Å²) in [6.07, 6.45) is 0. The highest BCUT2D eigenvalue weighted by Gasteiger charge is 2.28. The number of hydrogen-bond donors (Lipinski definition) is 1. The van der Waals surface area contributed by atoms with Crippen LogP contribution in [0, 0.1) is 0 Å². The Labute approximate surface area is 191 Å². The topological polar surface area (TPSA) is 38.7 Å². The van der Waals surface area contributed by atoms with Crippen LogP contribution in [-0.2, 0) is 16.5 Å². The molecule has 32 heavy (non-hydrogen) atoms. The van der Waals surface area contributed by atoms with E-state index in [1.807, 2.05) is 78.9 Å². The van der Waals surface area contributed by atoms with Gasteiger partial charge in [0.2, 0.25) is 0 Å². The Morgan fingerprint density at radius 2 is 1.31 bits per heavy atom.